The zero-order valence-corrected chi connectivity index (χ0v) is 17.6. The summed E-state index contributed by atoms with van der Waals surface area (Å²) in [6, 6.07) is 29.2. The average molecular weight is 372 g/mol. The molecule has 0 aliphatic heterocycles. The van der Waals surface area contributed by atoms with Crippen LogP contribution in [0, 0.1) is 0 Å². The van der Waals surface area contributed by atoms with Gasteiger partial charge in [-0.15, -0.1) is 0 Å². The molecule has 0 N–H and O–H groups in total. The molecule has 0 saturated heterocycles. The molecule has 4 aromatic rings. The van der Waals surface area contributed by atoms with Crippen LogP contribution in [0.25, 0.3) is 32.7 Å². The van der Waals surface area contributed by atoms with E-state index in [9.17, 15) is 0 Å². The van der Waals surface area contributed by atoms with Crippen molar-refractivity contribution in [3.05, 3.63) is 78.9 Å². The summed E-state index contributed by atoms with van der Waals surface area (Å²) < 4.78 is 0. The molecule has 0 fully saturated rings. The van der Waals surface area contributed by atoms with Gasteiger partial charge in [-0.1, -0.05) is 0 Å². The number of hydrogen-bond donors (Lipinski definition) is 0. The third-order valence-corrected chi connectivity index (χ3v) is 9.35. The fourth-order valence-electron chi connectivity index (χ4n) is 4.32. The minimum atomic E-state index is -1.53. The van der Waals surface area contributed by atoms with Crippen LogP contribution in [0.1, 0.15) is 19.8 Å². The van der Waals surface area contributed by atoms with Gasteiger partial charge >= 0.3 is 163 Å². The number of rotatable bonds is 5. The topological polar surface area (TPSA) is 0 Å². The molecular formula is C26H29P. The Bertz CT molecular complexity index is 1090. The minimum absolute atomic E-state index is 1.27. The second-order valence-electron chi connectivity index (χ2n) is 8.22. The van der Waals surface area contributed by atoms with Crippen LogP contribution in [-0.2, 0) is 0 Å². The monoisotopic (exact) mass is 372 g/mol. The fraction of sp³-hybridized carbons (Fsp3) is 0.231. The summed E-state index contributed by atoms with van der Waals surface area (Å²) in [5, 5.41) is 7.01. The van der Waals surface area contributed by atoms with E-state index in [0.29, 0.717) is 0 Å². The molecule has 4 rings (SSSR count). The van der Waals surface area contributed by atoms with Crippen LogP contribution in [0.15, 0.2) is 78.9 Å². The van der Waals surface area contributed by atoms with Crippen molar-refractivity contribution in [3.63, 3.8) is 0 Å². The van der Waals surface area contributed by atoms with Gasteiger partial charge in [0.25, 0.3) is 0 Å². The van der Waals surface area contributed by atoms with Gasteiger partial charge in [-0.05, 0) is 0 Å². The van der Waals surface area contributed by atoms with Crippen molar-refractivity contribution in [2.24, 2.45) is 0 Å². The molecule has 0 aliphatic carbocycles. The van der Waals surface area contributed by atoms with E-state index in [1.807, 2.05) is 0 Å². The molecule has 0 heterocycles. The van der Waals surface area contributed by atoms with Gasteiger partial charge in [0.15, 0.2) is 0 Å². The summed E-state index contributed by atoms with van der Waals surface area (Å²) in [7, 11) is -1.53. The van der Waals surface area contributed by atoms with Crippen molar-refractivity contribution in [3.8, 4) is 11.1 Å². The first kappa shape index (κ1) is 18.2. The Balaban J connectivity index is 2.07. The third kappa shape index (κ3) is 3.40. The molecule has 0 unspecified atom stereocenters. The molecule has 0 aliphatic rings. The first-order valence-corrected chi connectivity index (χ1v) is 13.3. The zero-order chi connectivity index (χ0) is 18.9. The van der Waals surface area contributed by atoms with E-state index >= 15 is 0 Å². The van der Waals surface area contributed by atoms with Crippen LogP contribution in [0.5, 0.6) is 0 Å². The van der Waals surface area contributed by atoms with E-state index in [1.54, 1.807) is 5.30 Å². The summed E-state index contributed by atoms with van der Waals surface area (Å²) in [6.45, 7) is 7.39. The normalized spacial score (nSPS) is 12.6. The number of benzene rings is 4. The summed E-state index contributed by atoms with van der Waals surface area (Å²) >= 11 is 0. The second kappa shape index (κ2) is 7.45. The molecule has 27 heavy (non-hydrogen) atoms. The van der Waals surface area contributed by atoms with Crippen molar-refractivity contribution in [1.82, 2.24) is 0 Å². The molecule has 0 aromatic heterocycles. The summed E-state index contributed by atoms with van der Waals surface area (Å²) in [6.07, 6.45) is 3.94. The van der Waals surface area contributed by atoms with E-state index in [0.717, 1.165) is 0 Å². The number of unbranched alkanes of at least 4 members (excludes halogenated alkanes) is 1. The van der Waals surface area contributed by atoms with Gasteiger partial charge in [0.05, 0.1) is 0 Å². The van der Waals surface area contributed by atoms with Crippen LogP contribution in [-0.4, -0.2) is 19.5 Å². The van der Waals surface area contributed by atoms with Crippen LogP contribution in [0.4, 0.5) is 0 Å². The standard InChI is InChI=1S/C26H29P/c1-4-5-19-27(2,3)25-18-17-21-12-7-9-15-23(21)26(25)24-16-10-13-20-11-6-8-14-22(20)24/h6-18,27H,4-5,19H2,1-3H3. The van der Waals surface area contributed by atoms with Gasteiger partial charge in [-0.25, -0.2) is 0 Å². The van der Waals surface area contributed by atoms with E-state index in [-0.39, 0.29) is 0 Å². The Morgan fingerprint density at radius 2 is 1.30 bits per heavy atom. The molecule has 0 amide bonds. The molecule has 138 valence electrons. The molecule has 0 nitrogen and oxygen atoms in total. The maximum absolute atomic E-state index is 2.54. The van der Waals surface area contributed by atoms with Crippen molar-refractivity contribution >= 4 is 34.1 Å². The fourth-order valence-corrected chi connectivity index (χ4v) is 7.31. The zero-order valence-electron chi connectivity index (χ0n) is 16.6. The van der Waals surface area contributed by atoms with Gasteiger partial charge in [0.1, 0.15) is 0 Å². The van der Waals surface area contributed by atoms with Crippen LogP contribution >= 0.6 is 7.26 Å². The van der Waals surface area contributed by atoms with Crippen LogP contribution in [0.3, 0.4) is 0 Å². The molecule has 0 atom stereocenters. The summed E-state index contributed by atoms with van der Waals surface area (Å²) in [5.74, 6) is 0. The van der Waals surface area contributed by atoms with Gasteiger partial charge in [0, 0.05) is 0 Å². The third-order valence-electron chi connectivity index (χ3n) is 5.87. The van der Waals surface area contributed by atoms with Gasteiger partial charge < -0.3 is 0 Å². The summed E-state index contributed by atoms with van der Waals surface area (Å²) in [5.41, 5.74) is 2.86. The SMILES string of the molecule is CCCC[PH](C)(C)c1ccc2ccccc2c1-c1cccc2ccccc12. The predicted octanol–water partition coefficient (Wildman–Crippen LogP) is 7.09. The predicted molar refractivity (Wildman–Crippen MR) is 126 cm³/mol. The summed E-state index contributed by atoms with van der Waals surface area (Å²) in [4.78, 5) is 0. The number of hydrogen-bond acceptors (Lipinski definition) is 0. The van der Waals surface area contributed by atoms with Crippen molar-refractivity contribution < 1.29 is 0 Å². The van der Waals surface area contributed by atoms with Crippen molar-refractivity contribution in [1.29, 1.82) is 0 Å². The van der Waals surface area contributed by atoms with Gasteiger partial charge in [-0.2, -0.15) is 0 Å². The van der Waals surface area contributed by atoms with Crippen molar-refractivity contribution in [2.75, 3.05) is 19.5 Å². The molecule has 1 heteroatoms. The molecule has 0 bridgehead atoms. The van der Waals surface area contributed by atoms with E-state index in [1.165, 1.54) is 51.7 Å². The average Bonchev–Trinajstić information content (AvgIpc) is 2.71. The maximum atomic E-state index is 2.54. The Morgan fingerprint density at radius 1 is 0.667 bits per heavy atom. The Hall–Kier alpha value is -2.17. The number of fused-ring (bicyclic) bond motifs is 2. The van der Waals surface area contributed by atoms with E-state index in [2.05, 4.69) is 99.1 Å². The molecular weight excluding hydrogens is 343 g/mol. The quantitative estimate of drug-likeness (QED) is 0.328. The second-order valence-corrected chi connectivity index (χ2v) is 13.0. The van der Waals surface area contributed by atoms with E-state index in [4.69, 9.17) is 0 Å². The van der Waals surface area contributed by atoms with Crippen LogP contribution < -0.4 is 5.30 Å². The first-order valence-electron chi connectivity index (χ1n) is 10.1. The Morgan fingerprint density at radius 3 is 2.04 bits per heavy atom. The van der Waals surface area contributed by atoms with Crippen LogP contribution in [0.2, 0.25) is 0 Å². The molecule has 0 radical (unpaired) electrons. The molecule has 4 aromatic carbocycles. The van der Waals surface area contributed by atoms with E-state index < -0.39 is 7.26 Å². The van der Waals surface area contributed by atoms with Gasteiger partial charge in [0.2, 0.25) is 0 Å². The molecule has 0 saturated carbocycles. The first-order chi connectivity index (χ1) is 13.1. The van der Waals surface area contributed by atoms with Gasteiger partial charge in [-0.3, -0.25) is 0 Å². The molecule has 0 spiro atoms. The Labute approximate surface area is 163 Å². The van der Waals surface area contributed by atoms with Crippen molar-refractivity contribution in [2.45, 2.75) is 19.8 Å². The Kier molecular flexibility index (Phi) is 5.02.